The van der Waals surface area contributed by atoms with Crippen molar-refractivity contribution in [2.75, 3.05) is 29.1 Å². The highest BCUT2D eigenvalue weighted by atomic mass is 16.2. The second kappa shape index (κ2) is 11.2. The number of aliphatic hydroxyl groups is 1. The molecule has 162 valence electrons. The van der Waals surface area contributed by atoms with Crippen LogP contribution in [0.5, 0.6) is 0 Å². The number of carbonyl (C=O) groups excluding carboxylic acids is 2. The zero-order valence-electron chi connectivity index (χ0n) is 17.5. The number of pyridine rings is 1. The minimum absolute atomic E-state index is 0.215. The van der Waals surface area contributed by atoms with Crippen LogP contribution >= 0.6 is 0 Å². The maximum Gasteiger partial charge on any atom is 0.320 e. The van der Waals surface area contributed by atoms with Gasteiger partial charge in [0.25, 0.3) is 5.91 Å². The van der Waals surface area contributed by atoms with Crippen molar-refractivity contribution in [1.82, 2.24) is 10.3 Å². The van der Waals surface area contributed by atoms with Crippen molar-refractivity contribution in [3.63, 3.8) is 0 Å². The van der Waals surface area contributed by atoms with Gasteiger partial charge in [0.05, 0.1) is 11.3 Å². The zero-order valence-corrected chi connectivity index (χ0v) is 17.5. The van der Waals surface area contributed by atoms with E-state index in [1.165, 1.54) is 6.20 Å². The van der Waals surface area contributed by atoms with E-state index in [-0.39, 0.29) is 18.5 Å². The Morgan fingerprint density at radius 2 is 1.75 bits per heavy atom. The van der Waals surface area contributed by atoms with Crippen LogP contribution in [0.25, 0.3) is 0 Å². The zero-order chi connectivity index (χ0) is 22.8. The van der Waals surface area contributed by atoms with Crippen LogP contribution in [0, 0.1) is 11.8 Å². The number of aliphatic hydroxyl groups excluding tert-OH is 1. The standard InChI is InChI=1S/C24H23N5O3/c1-2-25-24(32)29-22-15-21(27-18-8-4-3-5-9-18)20(16-26-22)23(31)28-19-12-10-17(11-13-19)7-6-14-30/h3-5,8-13,15-16,30H,2,14H2,1H3,(H,28,31)(H3,25,26,27,29,32). The van der Waals surface area contributed by atoms with Crippen LogP contribution < -0.4 is 21.3 Å². The van der Waals surface area contributed by atoms with Crippen LogP contribution in [0.2, 0.25) is 0 Å². The Balaban J connectivity index is 1.84. The number of benzene rings is 2. The Morgan fingerprint density at radius 1 is 1.00 bits per heavy atom. The molecule has 0 spiro atoms. The van der Waals surface area contributed by atoms with Gasteiger partial charge in [-0.25, -0.2) is 9.78 Å². The van der Waals surface area contributed by atoms with Crippen LogP contribution in [-0.4, -0.2) is 35.2 Å². The van der Waals surface area contributed by atoms with Crippen LogP contribution in [0.4, 0.5) is 27.7 Å². The van der Waals surface area contributed by atoms with E-state index in [2.05, 4.69) is 38.1 Å². The molecular weight excluding hydrogens is 406 g/mol. The molecule has 0 aliphatic carbocycles. The van der Waals surface area contributed by atoms with Gasteiger partial charge in [-0.05, 0) is 43.3 Å². The third-order valence-corrected chi connectivity index (χ3v) is 4.23. The van der Waals surface area contributed by atoms with Crippen LogP contribution in [-0.2, 0) is 0 Å². The van der Waals surface area contributed by atoms with Gasteiger partial charge in [-0.15, -0.1) is 0 Å². The summed E-state index contributed by atoms with van der Waals surface area (Å²) in [6.45, 7) is 2.08. The quantitative estimate of drug-likeness (QED) is 0.384. The summed E-state index contributed by atoms with van der Waals surface area (Å²) >= 11 is 0. The number of anilines is 4. The summed E-state index contributed by atoms with van der Waals surface area (Å²) in [6.07, 6.45) is 1.41. The van der Waals surface area contributed by atoms with Crippen molar-refractivity contribution in [3.8, 4) is 11.8 Å². The van der Waals surface area contributed by atoms with E-state index in [4.69, 9.17) is 5.11 Å². The number of aromatic nitrogens is 1. The monoisotopic (exact) mass is 429 g/mol. The van der Waals surface area contributed by atoms with Crippen LogP contribution in [0.3, 0.4) is 0 Å². The molecule has 0 fully saturated rings. The first kappa shape index (κ1) is 22.3. The average Bonchev–Trinajstić information content (AvgIpc) is 2.79. The maximum absolute atomic E-state index is 13.0. The molecule has 3 rings (SSSR count). The highest BCUT2D eigenvalue weighted by Gasteiger charge is 2.15. The molecule has 0 saturated carbocycles. The molecule has 0 atom stereocenters. The Morgan fingerprint density at radius 3 is 2.44 bits per heavy atom. The van der Waals surface area contributed by atoms with Gasteiger partial charge >= 0.3 is 6.03 Å². The lowest BCUT2D eigenvalue weighted by Gasteiger charge is -2.14. The number of rotatable bonds is 6. The molecule has 3 aromatic rings. The van der Waals surface area contributed by atoms with Crippen molar-refractivity contribution in [2.45, 2.75) is 6.92 Å². The molecule has 0 aliphatic rings. The van der Waals surface area contributed by atoms with E-state index in [1.54, 1.807) is 30.3 Å². The molecule has 1 heterocycles. The Kier molecular flexibility index (Phi) is 7.79. The van der Waals surface area contributed by atoms with Crippen molar-refractivity contribution in [1.29, 1.82) is 0 Å². The van der Waals surface area contributed by atoms with Crippen molar-refractivity contribution < 1.29 is 14.7 Å². The molecule has 8 heteroatoms. The topological polar surface area (TPSA) is 115 Å². The number of nitrogens with zero attached hydrogens (tertiary/aromatic N) is 1. The number of amides is 3. The molecule has 0 radical (unpaired) electrons. The lowest BCUT2D eigenvalue weighted by atomic mass is 10.1. The molecule has 3 amide bonds. The fourth-order valence-electron chi connectivity index (χ4n) is 2.78. The van der Waals surface area contributed by atoms with E-state index in [1.807, 2.05) is 37.3 Å². The minimum atomic E-state index is -0.382. The maximum atomic E-state index is 13.0. The molecule has 8 nitrogen and oxygen atoms in total. The van der Waals surface area contributed by atoms with Gasteiger partial charge in [-0.3, -0.25) is 10.1 Å². The van der Waals surface area contributed by atoms with Gasteiger partial charge in [-0.2, -0.15) is 0 Å². The molecule has 1 aromatic heterocycles. The Labute approximate surface area is 186 Å². The molecule has 32 heavy (non-hydrogen) atoms. The second-order valence-corrected chi connectivity index (χ2v) is 6.58. The lowest BCUT2D eigenvalue weighted by Crippen LogP contribution is -2.28. The summed E-state index contributed by atoms with van der Waals surface area (Å²) < 4.78 is 0. The van der Waals surface area contributed by atoms with Crippen LogP contribution in [0.15, 0.2) is 66.9 Å². The average molecular weight is 429 g/mol. The second-order valence-electron chi connectivity index (χ2n) is 6.58. The number of urea groups is 1. The number of hydrogen-bond acceptors (Lipinski definition) is 5. The van der Waals surface area contributed by atoms with Crippen molar-refractivity contribution in [3.05, 3.63) is 78.0 Å². The summed E-state index contributed by atoms with van der Waals surface area (Å²) in [7, 11) is 0. The highest BCUT2D eigenvalue weighted by molar-refractivity contribution is 6.08. The predicted molar refractivity (Wildman–Crippen MR) is 125 cm³/mol. The van der Waals surface area contributed by atoms with E-state index < -0.39 is 0 Å². The predicted octanol–water partition coefficient (Wildman–Crippen LogP) is 3.56. The summed E-state index contributed by atoms with van der Waals surface area (Å²) in [5.74, 6) is 5.31. The third-order valence-electron chi connectivity index (χ3n) is 4.23. The lowest BCUT2D eigenvalue weighted by molar-refractivity contribution is 0.102. The first-order chi connectivity index (χ1) is 15.6. The largest absolute Gasteiger partial charge is 0.384 e. The van der Waals surface area contributed by atoms with Gasteiger partial charge in [0, 0.05) is 35.7 Å². The first-order valence-electron chi connectivity index (χ1n) is 9.97. The first-order valence-corrected chi connectivity index (χ1v) is 9.97. The SMILES string of the molecule is CCNC(=O)Nc1cc(Nc2ccccc2)c(C(=O)Nc2ccc(C#CCO)cc2)cn1. The number of nitrogens with one attached hydrogen (secondary N) is 4. The van der Waals surface area contributed by atoms with E-state index in [9.17, 15) is 9.59 Å². The summed E-state index contributed by atoms with van der Waals surface area (Å²) in [5, 5.41) is 20.1. The number of hydrogen-bond donors (Lipinski definition) is 5. The minimum Gasteiger partial charge on any atom is -0.384 e. The summed E-state index contributed by atoms with van der Waals surface area (Å²) in [5.41, 5.74) is 2.88. The van der Waals surface area contributed by atoms with Gasteiger partial charge in [0.15, 0.2) is 0 Å². The van der Waals surface area contributed by atoms with Crippen LogP contribution in [0.1, 0.15) is 22.8 Å². The van der Waals surface area contributed by atoms with Gasteiger partial charge < -0.3 is 21.1 Å². The number of para-hydroxylation sites is 1. The molecule has 5 N–H and O–H groups in total. The summed E-state index contributed by atoms with van der Waals surface area (Å²) in [4.78, 5) is 29.0. The van der Waals surface area contributed by atoms with Gasteiger partial charge in [0.2, 0.25) is 0 Å². The fraction of sp³-hybridized carbons (Fsp3) is 0.125. The van der Waals surface area contributed by atoms with Gasteiger partial charge in [0.1, 0.15) is 12.4 Å². The van der Waals surface area contributed by atoms with E-state index in [0.29, 0.717) is 29.3 Å². The third kappa shape index (κ3) is 6.32. The molecule has 2 aromatic carbocycles. The van der Waals surface area contributed by atoms with Crippen molar-refractivity contribution in [2.24, 2.45) is 0 Å². The highest BCUT2D eigenvalue weighted by Crippen LogP contribution is 2.24. The van der Waals surface area contributed by atoms with E-state index >= 15 is 0 Å². The Bertz CT molecular complexity index is 1140. The Hall–Kier alpha value is -4.35. The summed E-state index contributed by atoms with van der Waals surface area (Å²) in [6, 6.07) is 17.5. The normalized spacial score (nSPS) is 9.81. The van der Waals surface area contributed by atoms with Gasteiger partial charge in [-0.1, -0.05) is 30.0 Å². The molecule has 0 bridgehead atoms. The van der Waals surface area contributed by atoms with E-state index in [0.717, 1.165) is 11.3 Å². The molecule has 0 aliphatic heterocycles. The smallest absolute Gasteiger partial charge is 0.320 e. The molecule has 0 unspecified atom stereocenters. The molecule has 0 saturated heterocycles. The fourth-order valence-corrected chi connectivity index (χ4v) is 2.78. The van der Waals surface area contributed by atoms with Crippen molar-refractivity contribution >= 4 is 34.8 Å². The number of carbonyl (C=O) groups is 2. The molecular formula is C24H23N5O3.